The van der Waals surface area contributed by atoms with E-state index in [0.29, 0.717) is 13.3 Å². The first-order chi connectivity index (χ1) is 6.81. The first-order valence-corrected chi connectivity index (χ1v) is 4.59. The summed E-state index contributed by atoms with van der Waals surface area (Å²) in [5, 5.41) is 0. The molecule has 1 heterocycles. The Morgan fingerprint density at radius 3 is 2.93 bits per heavy atom. The Hall–Kier alpha value is -1.48. The SMILES string of the molecule is C=C(CCN)c1ccc2c(c1)OCO2. The first-order valence-electron chi connectivity index (χ1n) is 4.59. The second-order valence-electron chi connectivity index (χ2n) is 3.21. The second-order valence-corrected chi connectivity index (χ2v) is 3.21. The number of nitrogens with two attached hydrogens (primary N) is 1. The van der Waals surface area contributed by atoms with Crippen LogP contribution in [0.25, 0.3) is 5.57 Å². The maximum atomic E-state index is 5.46. The predicted molar refractivity (Wildman–Crippen MR) is 55.3 cm³/mol. The van der Waals surface area contributed by atoms with Crippen molar-refractivity contribution in [2.45, 2.75) is 6.42 Å². The van der Waals surface area contributed by atoms with Crippen LogP contribution in [-0.4, -0.2) is 13.3 Å². The van der Waals surface area contributed by atoms with Crippen molar-refractivity contribution in [3.63, 3.8) is 0 Å². The lowest BCUT2D eigenvalue weighted by Gasteiger charge is -2.04. The fraction of sp³-hybridized carbons (Fsp3) is 0.273. The van der Waals surface area contributed by atoms with E-state index in [1.54, 1.807) is 0 Å². The topological polar surface area (TPSA) is 44.5 Å². The van der Waals surface area contributed by atoms with Gasteiger partial charge in [0.05, 0.1) is 0 Å². The molecule has 0 saturated heterocycles. The van der Waals surface area contributed by atoms with Crippen LogP contribution in [0.2, 0.25) is 0 Å². The third kappa shape index (κ3) is 1.59. The van der Waals surface area contributed by atoms with E-state index >= 15 is 0 Å². The molecule has 0 aromatic heterocycles. The van der Waals surface area contributed by atoms with E-state index in [2.05, 4.69) is 6.58 Å². The maximum absolute atomic E-state index is 5.46. The third-order valence-electron chi connectivity index (χ3n) is 2.23. The molecule has 0 aliphatic carbocycles. The Kier molecular flexibility index (Phi) is 2.41. The highest BCUT2D eigenvalue weighted by molar-refractivity contribution is 5.66. The Bertz CT molecular complexity index is 360. The zero-order valence-electron chi connectivity index (χ0n) is 7.95. The molecule has 0 bridgehead atoms. The van der Waals surface area contributed by atoms with Gasteiger partial charge in [0.25, 0.3) is 0 Å². The van der Waals surface area contributed by atoms with Gasteiger partial charge in [0.1, 0.15) is 0 Å². The molecule has 0 fully saturated rings. The smallest absolute Gasteiger partial charge is 0.231 e. The molecule has 0 unspecified atom stereocenters. The average molecular weight is 191 g/mol. The molecule has 3 heteroatoms. The lowest BCUT2D eigenvalue weighted by molar-refractivity contribution is 0.174. The number of hydrogen-bond donors (Lipinski definition) is 1. The minimum absolute atomic E-state index is 0.308. The Labute approximate surface area is 83.1 Å². The summed E-state index contributed by atoms with van der Waals surface area (Å²) in [4.78, 5) is 0. The lowest BCUT2D eigenvalue weighted by atomic mass is 10.0. The monoisotopic (exact) mass is 191 g/mol. The van der Waals surface area contributed by atoms with Gasteiger partial charge in [0.2, 0.25) is 6.79 Å². The minimum Gasteiger partial charge on any atom is -0.454 e. The van der Waals surface area contributed by atoms with Gasteiger partial charge >= 0.3 is 0 Å². The molecule has 1 aliphatic rings. The van der Waals surface area contributed by atoms with Crippen LogP contribution in [0, 0.1) is 0 Å². The maximum Gasteiger partial charge on any atom is 0.231 e. The van der Waals surface area contributed by atoms with Gasteiger partial charge in [-0.2, -0.15) is 0 Å². The van der Waals surface area contributed by atoms with Crippen molar-refractivity contribution in [3.05, 3.63) is 30.3 Å². The summed E-state index contributed by atoms with van der Waals surface area (Å²) in [7, 11) is 0. The van der Waals surface area contributed by atoms with Crippen LogP contribution >= 0.6 is 0 Å². The lowest BCUT2D eigenvalue weighted by Crippen LogP contribution is -1.99. The average Bonchev–Trinajstić information content (AvgIpc) is 2.64. The molecule has 0 amide bonds. The summed E-state index contributed by atoms with van der Waals surface area (Å²) in [5.74, 6) is 1.59. The van der Waals surface area contributed by atoms with E-state index in [1.165, 1.54) is 0 Å². The summed E-state index contributed by atoms with van der Waals surface area (Å²) in [5.41, 5.74) is 7.57. The number of benzene rings is 1. The molecule has 2 N–H and O–H groups in total. The van der Waals surface area contributed by atoms with Crippen LogP contribution in [0.15, 0.2) is 24.8 Å². The zero-order valence-corrected chi connectivity index (χ0v) is 7.95. The van der Waals surface area contributed by atoms with Gasteiger partial charge < -0.3 is 15.2 Å². The molecule has 0 radical (unpaired) electrons. The largest absolute Gasteiger partial charge is 0.454 e. The van der Waals surface area contributed by atoms with Crippen molar-refractivity contribution < 1.29 is 9.47 Å². The molecule has 1 aliphatic heterocycles. The molecule has 2 rings (SSSR count). The second kappa shape index (κ2) is 3.72. The van der Waals surface area contributed by atoms with E-state index < -0.39 is 0 Å². The van der Waals surface area contributed by atoms with Crippen molar-refractivity contribution in [1.29, 1.82) is 0 Å². The van der Waals surface area contributed by atoms with Crippen LogP contribution in [0.4, 0.5) is 0 Å². The molecule has 0 spiro atoms. The molecular weight excluding hydrogens is 178 g/mol. The van der Waals surface area contributed by atoms with Crippen LogP contribution in [0.5, 0.6) is 11.5 Å². The number of ether oxygens (including phenoxy) is 2. The summed E-state index contributed by atoms with van der Waals surface area (Å²) in [6.07, 6.45) is 0.805. The Morgan fingerprint density at radius 2 is 2.14 bits per heavy atom. The molecule has 0 atom stereocenters. The van der Waals surface area contributed by atoms with Gasteiger partial charge in [0, 0.05) is 0 Å². The highest BCUT2D eigenvalue weighted by Gasteiger charge is 2.13. The first kappa shape index (κ1) is 9.09. The molecule has 74 valence electrons. The van der Waals surface area contributed by atoms with E-state index in [4.69, 9.17) is 15.2 Å². The predicted octanol–water partition coefficient (Wildman–Crippen LogP) is 1.78. The van der Waals surface area contributed by atoms with Gasteiger partial charge in [-0.15, -0.1) is 0 Å². The zero-order chi connectivity index (χ0) is 9.97. The van der Waals surface area contributed by atoms with Gasteiger partial charge in [-0.3, -0.25) is 0 Å². The quantitative estimate of drug-likeness (QED) is 0.792. The van der Waals surface area contributed by atoms with E-state index in [0.717, 1.165) is 29.1 Å². The fourth-order valence-electron chi connectivity index (χ4n) is 1.44. The number of hydrogen-bond acceptors (Lipinski definition) is 3. The van der Waals surface area contributed by atoms with E-state index in [1.807, 2.05) is 18.2 Å². The van der Waals surface area contributed by atoms with Crippen molar-refractivity contribution in [2.75, 3.05) is 13.3 Å². The van der Waals surface area contributed by atoms with E-state index in [9.17, 15) is 0 Å². The molecule has 14 heavy (non-hydrogen) atoms. The Balaban J connectivity index is 2.24. The van der Waals surface area contributed by atoms with Gasteiger partial charge in [-0.1, -0.05) is 12.6 Å². The minimum atomic E-state index is 0.308. The van der Waals surface area contributed by atoms with E-state index in [-0.39, 0.29) is 0 Å². The molecule has 1 aromatic rings. The van der Waals surface area contributed by atoms with Crippen LogP contribution in [0.1, 0.15) is 12.0 Å². The highest BCUT2D eigenvalue weighted by Crippen LogP contribution is 2.34. The fourth-order valence-corrected chi connectivity index (χ4v) is 1.44. The third-order valence-corrected chi connectivity index (χ3v) is 2.23. The van der Waals surface area contributed by atoms with Crippen molar-refractivity contribution in [2.24, 2.45) is 5.73 Å². The summed E-state index contributed by atoms with van der Waals surface area (Å²) < 4.78 is 10.5. The van der Waals surface area contributed by atoms with Crippen LogP contribution < -0.4 is 15.2 Å². The standard InChI is InChI=1S/C11H13NO2/c1-8(4-5-12)9-2-3-10-11(6-9)14-7-13-10/h2-3,6H,1,4-5,7,12H2. The highest BCUT2D eigenvalue weighted by atomic mass is 16.7. The van der Waals surface area contributed by atoms with Crippen molar-refractivity contribution >= 4 is 5.57 Å². The van der Waals surface area contributed by atoms with Gasteiger partial charge in [-0.25, -0.2) is 0 Å². The summed E-state index contributed by atoms with van der Waals surface area (Å²) >= 11 is 0. The van der Waals surface area contributed by atoms with Gasteiger partial charge in [0.15, 0.2) is 11.5 Å². The number of rotatable bonds is 3. The van der Waals surface area contributed by atoms with Crippen LogP contribution in [0.3, 0.4) is 0 Å². The summed E-state index contributed by atoms with van der Waals surface area (Å²) in [6.45, 7) is 4.89. The molecule has 3 nitrogen and oxygen atoms in total. The molecule has 1 aromatic carbocycles. The van der Waals surface area contributed by atoms with Gasteiger partial charge in [-0.05, 0) is 36.2 Å². The van der Waals surface area contributed by atoms with Crippen molar-refractivity contribution in [1.82, 2.24) is 0 Å². The number of fused-ring (bicyclic) bond motifs is 1. The Morgan fingerprint density at radius 1 is 1.36 bits per heavy atom. The van der Waals surface area contributed by atoms with Crippen molar-refractivity contribution in [3.8, 4) is 11.5 Å². The summed E-state index contributed by atoms with van der Waals surface area (Å²) in [6, 6.07) is 5.82. The molecule has 0 saturated carbocycles. The normalized spacial score (nSPS) is 12.9. The van der Waals surface area contributed by atoms with Crippen LogP contribution in [-0.2, 0) is 0 Å². The molecular formula is C11H13NO2.